The minimum absolute atomic E-state index is 0.301. The number of hydrogen-bond acceptors (Lipinski definition) is 2. The van der Waals surface area contributed by atoms with Gasteiger partial charge in [-0.15, -0.1) is 0 Å². The number of aliphatic carboxylic acids is 1. The van der Waals surface area contributed by atoms with Gasteiger partial charge in [0.2, 0.25) is 0 Å². The quantitative estimate of drug-likeness (QED) is 0.876. The lowest BCUT2D eigenvalue weighted by atomic mass is 10.2. The third-order valence-electron chi connectivity index (χ3n) is 2.48. The summed E-state index contributed by atoms with van der Waals surface area (Å²) in [6.07, 6.45) is 0. The molecule has 0 saturated carbocycles. The molecule has 0 aliphatic carbocycles. The molecular formula is C12H14BrClN2O3. The van der Waals surface area contributed by atoms with Gasteiger partial charge in [0.05, 0.1) is 5.69 Å². The van der Waals surface area contributed by atoms with Gasteiger partial charge in [-0.1, -0.05) is 11.6 Å². The minimum atomic E-state index is -1.06. The molecule has 2 amide bonds. The molecule has 0 atom stereocenters. The Kier molecular flexibility index (Phi) is 5.62. The molecule has 2 N–H and O–H groups in total. The summed E-state index contributed by atoms with van der Waals surface area (Å²) in [6.45, 7) is 3.51. The van der Waals surface area contributed by atoms with Gasteiger partial charge >= 0.3 is 12.0 Å². The summed E-state index contributed by atoms with van der Waals surface area (Å²) in [4.78, 5) is 23.7. The number of rotatable bonds is 4. The van der Waals surface area contributed by atoms with Crippen LogP contribution in [0.2, 0.25) is 5.02 Å². The molecule has 0 spiro atoms. The standard InChI is InChI=1S/C12H14BrClN2O3/c1-3-16(6-11(17)18)12(19)15-10-5-9(14)7(2)4-8(10)13/h4-5H,3,6H2,1-2H3,(H,15,19)(H,17,18). The van der Waals surface area contributed by atoms with Crippen LogP contribution in [-0.4, -0.2) is 35.1 Å². The number of benzene rings is 1. The summed E-state index contributed by atoms with van der Waals surface area (Å²) >= 11 is 9.31. The van der Waals surface area contributed by atoms with Crippen LogP contribution in [0.25, 0.3) is 0 Å². The Morgan fingerprint density at radius 1 is 1.47 bits per heavy atom. The number of carbonyl (C=O) groups is 2. The maximum Gasteiger partial charge on any atom is 0.323 e. The molecule has 7 heteroatoms. The Bertz CT molecular complexity index is 508. The topological polar surface area (TPSA) is 69.6 Å². The Labute approximate surface area is 124 Å². The van der Waals surface area contributed by atoms with Crippen LogP contribution < -0.4 is 5.32 Å². The Morgan fingerprint density at radius 2 is 2.11 bits per heavy atom. The number of likely N-dealkylation sites (N-methyl/N-ethyl adjacent to an activating group) is 1. The Morgan fingerprint density at radius 3 is 2.63 bits per heavy atom. The zero-order chi connectivity index (χ0) is 14.6. The van der Waals surface area contributed by atoms with Gasteiger partial charge in [-0.25, -0.2) is 4.79 Å². The van der Waals surface area contributed by atoms with Crippen molar-refractivity contribution in [1.82, 2.24) is 4.90 Å². The lowest BCUT2D eigenvalue weighted by Crippen LogP contribution is -2.38. The molecular weight excluding hydrogens is 335 g/mol. The van der Waals surface area contributed by atoms with E-state index in [0.29, 0.717) is 21.7 Å². The first-order valence-electron chi connectivity index (χ1n) is 5.58. The van der Waals surface area contributed by atoms with Crippen molar-refractivity contribution in [2.45, 2.75) is 13.8 Å². The molecule has 0 heterocycles. The monoisotopic (exact) mass is 348 g/mol. The summed E-state index contributed by atoms with van der Waals surface area (Å²) in [5.41, 5.74) is 1.38. The number of nitrogens with zero attached hydrogens (tertiary/aromatic N) is 1. The predicted molar refractivity (Wildman–Crippen MR) is 77.8 cm³/mol. The molecule has 0 aliphatic rings. The number of hydrogen-bond donors (Lipinski definition) is 2. The number of nitrogens with one attached hydrogen (secondary N) is 1. The molecule has 1 rings (SSSR count). The van der Waals surface area contributed by atoms with E-state index in [9.17, 15) is 9.59 Å². The predicted octanol–water partition coefficient (Wildman–Crippen LogP) is 3.35. The molecule has 1 aromatic rings. The SMILES string of the molecule is CCN(CC(=O)O)C(=O)Nc1cc(Cl)c(C)cc1Br. The van der Waals surface area contributed by atoms with E-state index in [4.69, 9.17) is 16.7 Å². The van der Waals surface area contributed by atoms with Crippen molar-refractivity contribution >= 4 is 45.2 Å². The third kappa shape index (κ3) is 4.40. The van der Waals surface area contributed by atoms with Gasteiger partial charge in [0.1, 0.15) is 6.54 Å². The fourth-order valence-electron chi connectivity index (χ4n) is 1.43. The van der Waals surface area contributed by atoms with E-state index >= 15 is 0 Å². The molecule has 0 bridgehead atoms. The van der Waals surface area contributed by atoms with E-state index in [0.717, 1.165) is 5.56 Å². The summed E-state index contributed by atoms with van der Waals surface area (Å²) in [7, 11) is 0. The lowest BCUT2D eigenvalue weighted by Gasteiger charge is -2.20. The van der Waals surface area contributed by atoms with E-state index in [2.05, 4.69) is 21.2 Å². The zero-order valence-corrected chi connectivity index (χ0v) is 12.9. The van der Waals surface area contributed by atoms with E-state index in [1.54, 1.807) is 19.1 Å². The van der Waals surface area contributed by atoms with Gasteiger partial charge < -0.3 is 15.3 Å². The second-order valence-electron chi connectivity index (χ2n) is 3.92. The first-order valence-corrected chi connectivity index (χ1v) is 6.75. The summed E-state index contributed by atoms with van der Waals surface area (Å²) < 4.78 is 0.689. The highest BCUT2D eigenvalue weighted by molar-refractivity contribution is 9.10. The first-order chi connectivity index (χ1) is 8.85. The highest BCUT2D eigenvalue weighted by atomic mass is 79.9. The van der Waals surface area contributed by atoms with Crippen LogP contribution in [0.1, 0.15) is 12.5 Å². The second-order valence-corrected chi connectivity index (χ2v) is 5.18. The molecule has 0 saturated heterocycles. The van der Waals surface area contributed by atoms with Crippen LogP contribution in [0, 0.1) is 6.92 Å². The first kappa shape index (κ1) is 15.8. The summed E-state index contributed by atoms with van der Waals surface area (Å²) in [5, 5.41) is 11.9. The van der Waals surface area contributed by atoms with Gasteiger partial charge in [-0.2, -0.15) is 0 Å². The maximum absolute atomic E-state index is 11.9. The van der Waals surface area contributed by atoms with Gasteiger partial charge in [0, 0.05) is 16.0 Å². The molecule has 19 heavy (non-hydrogen) atoms. The largest absolute Gasteiger partial charge is 0.480 e. The van der Waals surface area contributed by atoms with Crippen LogP contribution in [0.3, 0.4) is 0 Å². The highest BCUT2D eigenvalue weighted by Crippen LogP contribution is 2.29. The maximum atomic E-state index is 11.9. The number of carboxylic acids is 1. The average Bonchev–Trinajstić information content (AvgIpc) is 2.32. The molecule has 0 aliphatic heterocycles. The average molecular weight is 350 g/mol. The Balaban J connectivity index is 2.86. The second kappa shape index (κ2) is 6.77. The molecule has 104 valence electrons. The van der Waals surface area contributed by atoms with Gasteiger partial charge in [-0.3, -0.25) is 4.79 Å². The van der Waals surface area contributed by atoms with Crippen molar-refractivity contribution in [1.29, 1.82) is 0 Å². The van der Waals surface area contributed by atoms with Gasteiger partial charge in [0.25, 0.3) is 0 Å². The molecule has 0 fully saturated rings. The minimum Gasteiger partial charge on any atom is -0.480 e. The van der Waals surface area contributed by atoms with Crippen molar-refractivity contribution in [3.8, 4) is 0 Å². The van der Waals surface area contributed by atoms with Crippen molar-refractivity contribution in [2.75, 3.05) is 18.4 Å². The molecule has 0 unspecified atom stereocenters. The van der Waals surface area contributed by atoms with E-state index < -0.39 is 12.0 Å². The summed E-state index contributed by atoms with van der Waals surface area (Å²) in [5.74, 6) is -1.06. The Hall–Kier alpha value is -1.27. The van der Waals surface area contributed by atoms with E-state index in [1.165, 1.54) is 4.90 Å². The van der Waals surface area contributed by atoms with Crippen LogP contribution in [-0.2, 0) is 4.79 Å². The number of amides is 2. The van der Waals surface area contributed by atoms with Crippen molar-refractivity contribution in [2.24, 2.45) is 0 Å². The number of aryl methyl sites for hydroxylation is 1. The molecule has 5 nitrogen and oxygen atoms in total. The van der Waals surface area contributed by atoms with Crippen molar-refractivity contribution < 1.29 is 14.7 Å². The molecule has 1 aromatic carbocycles. The molecule has 0 radical (unpaired) electrons. The van der Waals surface area contributed by atoms with E-state index in [1.807, 2.05) is 6.92 Å². The zero-order valence-electron chi connectivity index (χ0n) is 10.5. The third-order valence-corrected chi connectivity index (χ3v) is 3.55. The van der Waals surface area contributed by atoms with Crippen LogP contribution in [0.4, 0.5) is 10.5 Å². The normalized spacial score (nSPS) is 10.1. The number of halogens is 2. The van der Waals surface area contributed by atoms with Gasteiger partial charge in [0.15, 0.2) is 0 Å². The number of urea groups is 1. The van der Waals surface area contributed by atoms with Crippen LogP contribution >= 0.6 is 27.5 Å². The fourth-order valence-corrected chi connectivity index (χ4v) is 2.15. The van der Waals surface area contributed by atoms with Gasteiger partial charge in [-0.05, 0) is 47.5 Å². The fraction of sp³-hybridized carbons (Fsp3) is 0.333. The van der Waals surface area contributed by atoms with Crippen molar-refractivity contribution in [3.05, 3.63) is 27.2 Å². The van der Waals surface area contributed by atoms with Crippen LogP contribution in [0.15, 0.2) is 16.6 Å². The number of carboxylic acid groups (broad SMARTS) is 1. The smallest absolute Gasteiger partial charge is 0.323 e. The van der Waals surface area contributed by atoms with Crippen LogP contribution in [0.5, 0.6) is 0 Å². The van der Waals surface area contributed by atoms with E-state index in [-0.39, 0.29) is 6.54 Å². The number of carbonyl (C=O) groups excluding carboxylic acids is 1. The van der Waals surface area contributed by atoms with Crippen molar-refractivity contribution in [3.63, 3.8) is 0 Å². The highest BCUT2D eigenvalue weighted by Gasteiger charge is 2.16. The molecule has 0 aromatic heterocycles. The number of anilines is 1. The lowest BCUT2D eigenvalue weighted by molar-refractivity contribution is -0.137. The summed E-state index contributed by atoms with van der Waals surface area (Å²) in [6, 6.07) is 2.92.